The van der Waals surface area contributed by atoms with Crippen LogP contribution < -0.4 is 0 Å². The van der Waals surface area contributed by atoms with Crippen molar-refractivity contribution in [2.24, 2.45) is 0 Å². The minimum Gasteiger partial charge on any atom is -0.299 e. The summed E-state index contributed by atoms with van der Waals surface area (Å²) in [4.78, 5) is 11.2. The molecule has 0 amide bonds. The Kier molecular flexibility index (Phi) is 5.70. The Bertz CT molecular complexity index is 206. The van der Waals surface area contributed by atoms with E-state index in [0.717, 1.165) is 0 Å². The van der Waals surface area contributed by atoms with Gasteiger partial charge in [-0.25, -0.2) is 0 Å². The average molecular weight is 242 g/mol. The predicted molar refractivity (Wildman–Crippen MR) is 57.1 cm³/mol. The lowest BCUT2D eigenvalue weighted by atomic mass is 10.2. The molecule has 0 radical (unpaired) electrons. The molecule has 0 rings (SSSR count). The molecule has 90 valence electrons. The molecular weight excluding hydrogens is 225 g/mol. The Morgan fingerprint density at radius 3 is 2.13 bits per heavy atom. The SMILES string of the molecule is CC(C)(C)SCC(=O)CCCC(F)(F)F. The summed E-state index contributed by atoms with van der Waals surface area (Å²) < 4.78 is 35.3. The van der Waals surface area contributed by atoms with Gasteiger partial charge in [-0.2, -0.15) is 13.2 Å². The van der Waals surface area contributed by atoms with Crippen molar-refractivity contribution in [2.45, 2.75) is 51.0 Å². The molecular formula is C10H17F3OS. The fraction of sp³-hybridized carbons (Fsp3) is 0.900. The largest absolute Gasteiger partial charge is 0.389 e. The lowest BCUT2D eigenvalue weighted by molar-refractivity contribution is -0.136. The maximum absolute atomic E-state index is 11.8. The van der Waals surface area contributed by atoms with Crippen LogP contribution in [0.4, 0.5) is 13.2 Å². The highest BCUT2D eigenvalue weighted by molar-refractivity contribution is 8.01. The number of ketones is 1. The molecule has 15 heavy (non-hydrogen) atoms. The normalized spacial score (nSPS) is 12.9. The van der Waals surface area contributed by atoms with Crippen molar-refractivity contribution < 1.29 is 18.0 Å². The summed E-state index contributed by atoms with van der Waals surface area (Å²) in [5.74, 6) is 0.209. The van der Waals surface area contributed by atoms with E-state index in [1.807, 2.05) is 20.8 Å². The summed E-state index contributed by atoms with van der Waals surface area (Å²) in [6, 6.07) is 0. The molecule has 0 saturated carbocycles. The fourth-order valence-corrected chi connectivity index (χ4v) is 1.59. The van der Waals surface area contributed by atoms with Gasteiger partial charge in [0.05, 0.1) is 5.75 Å². The van der Waals surface area contributed by atoms with E-state index in [2.05, 4.69) is 0 Å². The molecule has 0 heterocycles. The van der Waals surface area contributed by atoms with Crippen LogP contribution in [0.5, 0.6) is 0 Å². The van der Waals surface area contributed by atoms with Crippen LogP contribution in [-0.4, -0.2) is 22.5 Å². The van der Waals surface area contributed by atoms with Gasteiger partial charge in [0.15, 0.2) is 0 Å². The minimum absolute atomic E-state index is 0.0142. The number of rotatable bonds is 5. The van der Waals surface area contributed by atoms with Gasteiger partial charge in [0.1, 0.15) is 5.78 Å². The smallest absolute Gasteiger partial charge is 0.299 e. The van der Waals surface area contributed by atoms with E-state index in [1.165, 1.54) is 11.8 Å². The molecule has 0 aliphatic rings. The minimum atomic E-state index is -4.14. The maximum atomic E-state index is 11.8. The van der Waals surface area contributed by atoms with Gasteiger partial charge in [-0.3, -0.25) is 4.79 Å². The Balaban J connectivity index is 3.60. The van der Waals surface area contributed by atoms with E-state index >= 15 is 0 Å². The van der Waals surface area contributed by atoms with Crippen molar-refractivity contribution in [3.05, 3.63) is 0 Å². The number of alkyl halides is 3. The monoisotopic (exact) mass is 242 g/mol. The molecule has 5 heteroatoms. The van der Waals surface area contributed by atoms with Crippen LogP contribution in [-0.2, 0) is 4.79 Å². The van der Waals surface area contributed by atoms with Crippen LogP contribution >= 0.6 is 11.8 Å². The van der Waals surface area contributed by atoms with Gasteiger partial charge >= 0.3 is 6.18 Å². The van der Waals surface area contributed by atoms with Gasteiger partial charge in [-0.1, -0.05) is 20.8 Å². The number of Topliss-reactive ketones (excluding diaryl/α,β-unsaturated/α-hetero) is 1. The van der Waals surface area contributed by atoms with Crippen LogP contribution in [0.15, 0.2) is 0 Å². The molecule has 0 aliphatic heterocycles. The highest BCUT2D eigenvalue weighted by atomic mass is 32.2. The van der Waals surface area contributed by atoms with Crippen LogP contribution in [0.25, 0.3) is 0 Å². The Hall–Kier alpha value is -0.190. The van der Waals surface area contributed by atoms with Crippen LogP contribution in [0.2, 0.25) is 0 Å². The van der Waals surface area contributed by atoms with Gasteiger partial charge in [0.25, 0.3) is 0 Å². The van der Waals surface area contributed by atoms with Crippen molar-refractivity contribution >= 4 is 17.5 Å². The molecule has 0 N–H and O–H groups in total. The van der Waals surface area contributed by atoms with Crippen molar-refractivity contribution in [1.29, 1.82) is 0 Å². The van der Waals surface area contributed by atoms with Gasteiger partial charge in [0, 0.05) is 17.6 Å². The first-order valence-corrected chi connectivity index (χ1v) is 5.81. The summed E-state index contributed by atoms with van der Waals surface area (Å²) in [6.07, 6.45) is -5.06. The van der Waals surface area contributed by atoms with Crippen molar-refractivity contribution in [3.63, 3.8) is 0 Å². The summed E-state index contributed by atoms with van der Waals surface area (Å²) in [5, 5.41) is 0. The first-order chi connectivity index (χ1) is 6.60. The van der Waals surface area contributed by atoms with Crippen LogP contribution in [0.1, 0.15) is 40.0 Å². The second-order valence-electron chi connectivity index (χ2n) is 4.41. The molecule has 0 spiro atoms. The van der Waals surface area contributed by atoms with Crippen molar-refractivity contribution in [3.8, 4) is 0 Å². The number of halogens is 3. The van der Waals surface area contributed by atoms with E-state index in [1.54, 1.807) is 0 Å². The molecule has 0 aromatic rings. The zero-order valence-electron chi connectivity index (χ0n) is 9.28. The zero-order chi connectivity index (χ0) is 12.1. The summed E-state index contributed by atoms with van der Waals surface area (Å²) in [7, 11) is 0. The van der Waals surface area contributed by atoms with E-state index in [-0.39, 0.29) is 23.4 Å². The third-order valence-electron chi connectivity index (χ3n) is 1.58. The van der Waals surface area contributed by atoms with Gasteiger partial charge in [0.2, 0.25) is 0 Å². The van der Waals surface area contributed by atoms with Crippen LogP contribution in [0, 0.1) is 0 Å². The quantitative estimate of drug-likeness (QED) is 0.729. The summed E-state index contributed by atoms with van der Waals surface area (Å²) >= 11 is 1.47. The number of carbonyl (C=O) groups excluding carboxylic acids is 1. The number of thioether (sulfide) groups is 1. The molecule has 0 aliphatic carbocycles. The summed E-state index contributed by atoms with van der Waals surface area (Å²) in [6.45, 7) is 5.92. The molecule has 0 unspecified atom stereocenters. The zero-order valence-corrected chi connectivity index (χ0v) is 10.1. The molecule has 0 saturated heterocycles. The van der Waals surface area contributed by atoms with Gasteiger partial charge in [-0.05, 0) is 6.42 Å². The lowest BCUT2D eigenvalue weighted by Crippen LogP contribution is -2.14. The molecule has 0 atom stereocenters. The second kappa shape index (κ2) is 5.77. The predicted octanol–water partition coefficient (Wildman–Crippen LogP) is 3.82. The van der Waals surface area contributed by atoms with Crippen molar-refractivity contribution in [2.75, 3.05) is 5.75 Å². The highest BCUT2D eigenvalue weighted by Crippen LogP contribution is 2.25. The third-order valence-corrected chi connectivity index (χ3v) is 2.91. The number of hydrogen-bond acceptors (Lipinski definition) is 2. The van der Waals surface area contributed by atoms with Gasteiger partial charge < -0.3 is 0 Å². The topological polar surface area (TPSA) is 17.1 Å². The third kappa shape index (κ3) is 11.7. The van der Waals surface area contributed by atoms with Crippen molar-refractivity contribution in [1.82, 2.24) is 0 Å². The molecule has 0 aromatic carbocycles. The fourth-order valence-electron chi connectivity index (χ4n) is 0.855. The van der Waals surface area contributed by atoms with E-state index < -0.39 is 12.6 Å². The maximum Gasteiger partial charge on any atom is 0.389 e. The number of hydrogen-bond donors (Lipinski definition) is 0. The standard InChI is InChI=1S/C10H17F3OS/c1-9(2,3)15-7-8(14)5-4-6-10(11,12)13/h4-7H2,1-3H3. The second-order valence-corrected chi connectivity index (χ2v) is 6.21. The molecule has 0 aromatic heterocycles. The Morgan fingerprint density at radius 1 is 1.20 bits per heavy atom. The first kappa shape index (κ1) is 14.8. The molecule has 0 fully saturated rings. The Labute approximate surface area is 92.8 Å². The van der Waals surface area contributed by atoms with E-state index in [0.29, 0.717) is 5.75 Å². The first-order valence-electron chi connectivity index (χ1n) is 4.82. The average Bonchev–Trinajstić information content (AvgIpc) is 1.97. The van der Waals surface area contributed by atoms with E-state index in [4.69, 9.17) is 0 Å². The van der Waals surface area contributed by atoms with Gasteiger partial charge in [-0.15, -0.1) is 11.8 Å². The van der Waals surface area contributed by atoms with Crippen LogP contribution in [0.3, 0.4) is 0 Å². The Morgan fingerprint density at radius 2 is 1.73 bits per heavy atom. The summed E-state index contributed by atoms with van der Waals surface area (Å²) in [5.41, 5.74) is 0. The number of carbonyl (C=O) groups is 1. The molecule has 0 bridgehead atoms. The lowest BCUT2D eigenvalue weighted by Gasteiger charge is -2.16. The molecule has 1 nitrogen and oxygen atoms in total. The van der Waals surface area contributed by atoms with E-state index in [9.17, 15) is 18.0 Å². The highest BCUT2D eigenvalue weighted by Gasteiger charge is 2.26.